The number of aromatic amines is 1. The third-order valence-electron chi connectivity index (χ3n) is 5.84. The number of primary amides is 1. The molecule has 1 aromatic heterocycles. The van der Waals surface area contributed by atoms with E-state index in [1.807, 2.05) is 38.1 Å². The average molecular weight is 517 g/mol. The van der Waals surface area contributed by atoms with Crippen molar-refractivity contribution < 1.29 is 29.1 Å². The number of fused-ring (bicyclic) bond motifs is 1. The van der Waals surface area contributed by atoms with Crippen LogP contribution in [0.15, 0.2) is 30.5 Å². The Morgan fingerprint density at radius 2 is 1.59 bits per heavy atom. The lowest BCUT2D eigenvalue weighted by atomic mass is 10.0. The maximum atomic E-state index is 12.8. The van der Waals surface area contributed by atoms with Gasteiger partial charge in [0.15, 0.2) is 0 Å². The molecular formula is C25H36N6O6. The van der Waals surface area contributed by atoms with Crippen LogP contribution in [-0.4, -0.2) is 63.9 Å². The molecule has 12 heteroatoms. The second-order valence-electron chi connectivity index (χ2n) is 9.50. The zero-order chi connectivity index (χ0) is 27.7. The number of H-pyrrole nitrogens is 1. The fourth-order valence-electron chi connectivity index (χ4n) is 3.83. The molecule has 37 heavy (non-hydrogen) atoms. The van der Waals surface area contributed by atoms with Crippen LogP contribution in [0.25, 0.3) is 10.9 Å². The number of hydrogen-bond acceptors (Lipinski definition) is 6. The molecule has 4 atom stereocenters. The van der Waals surface area contributed by atoms with E-state index in [1.165, 1.54) is 6.92 Å². The number of carbonyl (C=O) groups is 5. The van der Waals surface area contributed by atoms with Crippen molar-refractivity contribution in [3.63, 3.8) is 0 Å². The zero-order valence-electron chi connectivity index (χ0n) is 21.2. The van der Waals surface area contributed by atoms with Crippen molar-refractivity contribution in [2.75, 3.05) is 0 Å². The first-order valence-electron chi connectivity index (χ1n) is 12.1. The summed E-state index contributed by atoms with van der Waals surface area (Å²) >= 11 is 0. The van der Waals surface area contributed by atoms with Gasteiger partial charge < -0.3 is 37.5 Å². The number of benzene rings is 1. The minimum Gasteiger partial charge on any atom is -0.480 e. The number of nitrogens with two attached hydrogens (primary N) is 2. The fourth-order valence-corrected chi connectivity index (χ4v) is 3.83. The number of amides is 4. The highest BCUT2D eigenvalue weighted by atomic mass is 16.4. The Hall–Kier alpha value is -3.93. The molecule has 202 valence electrons. The predicted octanol–water partition coefficient (Wildman–Crippen LogP) is -0.0918. The van der Waals surface area contributed by atoms with Gasteiger partial charge in [-0.2, -0.15) is 0 Å². The first-order chi connectivity index (χ1) is 17.4. The molecule has 0 aliphatic carbocycles. The van der Waals surface area contributed by atoms with Crippen LogP contribution in [0.4, 0.5) is 0 Å². The lowest BCUT2D eigenvalue weighted by molar-refractivity contribution is -0.143. The van der Waals surface area contributed by atoms with Crippen molar-refractivity contribution in [2.24, 2.45) is 17.4 Å². The van der Waals surface area contributed by atoms with Gasteiger partial charge in [-0.25, -0.2) is 4.79 Å². The molecule has 12 nitrogen and oxygen atoms in total. The van der Waals surface area contributed by atoms with Gasteiger partial charge in [0, 0.05) is 23.5 Å². The minimum atomic E-state index is -1.23. The first-order valence-corrected chi connectivity index (χ1v) is 12.1. The summed E-state index contributed by atoms with van der Waals surface area (Å²) in [5.41, 5.74) is 13.0. The SMILES string of the molecule is CC(C)CC(NC(=O)C(CCC(N)=O)NC(=O)C(C)NC(=O)C(N)Cc1c[nH]c2ccccc12)C(=O)O. The van der Waals surface area contributed by atoms with Crippen LogP contribution in [0, 0.1) is 5.92 Å². The van der Waals surface area contributed by atoms with Crippen molar-refractivity contribution in [2.45, 2.75) is 70.6 Å². The maximum Gasteiger partial charge on any atom is 0.326 e. The van der Waals surface area contributed by atoms with Gasteiger partial charge in [0.25, 0.3) is 0 Å². The highest BCUT2D eigenvalue weighted by Crippen LogP contribution is 2.18. The molecule has 0 fully saturated rings. The van der Waals surface area contributed by atoms with Crippen molar-refractivity contribution in [1.82, 2.24) is 20.9 Å². The lowest BCUT2D eigenvalue weighted by Crippen LogP contribution is -2.56. The molecule has 4 unspecified atom stereocenters. The zero-order valence-corrected chi connectivity index (χ0v) is 21.2. The van der Waals surface area contributed by atoms with Gasteiger partial charge in [-0.05, 0) is 43.7 Å². The van der Waals surface area contributed by atoms with Gasteiger partial charge in [-0.3, -0.25) is 19.2 Å². The van der Waals surface area contributed by atoms with E-state index in [4.69, 9.17) is 11.5 Å². The monoisotopic (exact) mass is 516 g/mol. The van der Waals surface area contributed by atoms with Crippen molar-refractivity contribution in [1.29, 1.82) is 0 Å². The van der Waals surface area contributed by atoms with Crippen molar-refractivity contribution in [3.8, 4) is 0 Å². The molecule has 0 spiro atoms. The van der Waals surface area contributed by atoms with Crippen LogP contribution < -0.4 is 27.4 Å². The number of rotatable bonds is 14. The van der Waals surface area contributed by atoms with E-state index in [0.29, 0.717) is 0 Å². The Bertz CT molecular complexity index is 1130. The standard InChI is InChI=1S/C25H36N6O6/c1-13(2)10-20(25(36)37)31-24(35)19(8-9-21(27)32)30-22(33)14(3)29-23(34)17(26)11-15-12-28-18-7-5-4-6-16(15)18/h4-7,12-14,17,19-20,28H,8-11,26H2,1-3H3,(H2,27,32)(H,29,34)(H,30,33)(H,31,35)(H,36,37). The molecular weight excluding hydrogens is 480 g/mol. The van der Waals surface area contributed by atoms with E-state index in [2.05, 4.69) is 20.9 Å². The molecule has 9 N–H and O–H groups in total. The largest absolute Gasteiger partial charge is 0.480 e. The van der Waals surface area contributed by atoms with Gasteiger partial charge >= 0.3 is 5.97 Å². The number of para-hydroxylation sites is 1. The molecule has 0 saturated carbocycles. The van der Waals surface area contributed by atoms with Crippen LogP contribution in [-0.2, 0) is 30.4 Å². The number of carboxylic acids is 1. The van der Waals surface area contributed by atoms with Crippen molar-refractivity contribution >= 4 is 40.5 Å². The first kappa shape index (κ1) is 29.3. The van der Waals surface area contributed by atoms with Gasteiger partial charge in [-0.1, -0.05) is 32.0 Å². The number of carboxylic acid groups (broad SMARTS) is 1. The van der Waals surface area contributed by atoms with E-state index < -0.39 is 53.8 Å². The van der Waals surface area contributed by atoms with E-state index in [-0.39, 0.29) is 31.6 Å². The van der Waals surface area contributed by atoms with E-state index in [1.54, 1.807) is 6.20 Å². The minimum absolute atomic E-state index is 0.0104. The van der Waals surface area contributed by atoms with Gasteiger partial charge in [-0.15, -0.1) is 0 Å². The number of hydrogen-bond donors (Lipinski definition) is 7. The van der Waals surface area contributed by atoms with Crippen molar-refractivity contribution in [3.05, 3.63) is 36.0 Å². The summed E-state index contributed by atoms with van der Waals surface area (Å²) in [5.74, 6) is -3.94. The quantitative estimate of drug-likeness (QED) is 0.181. The predicted molar refractivity (Wildman–Crippen MR) is 137 cm³/mol. The number of aliphatic carboxylic acids is 1. The topological polar surface area (TPSA) is 209 Å². The van der Waals surface area contributed by atoms with E-state index in [9.17, 15) is 29.1 Å². The smallest absolute Gasteiger partial charge is 0.326 e. The van der Waals surface area contributed by atoms with Crippen LogP contribution in [0.2, 0.25) is 0 Å². The van der Waals surface area contributed by atoms with Gasteiger partial charge in [0.2, 0.25) is 23.6 Å². The Morgan fingerprint density at radius 3 is 2.22 bits per heavy atom. The Balaban J connectivity index is 2.01. The lowest BCUT2D eigenvalue weighted by Gasteiger charge is -2.24. The average Bonchev–Trinajstić information content (AvgIpc) is 3.23. The molecule has 0 aliphatic heterocycles. The highest BCUT2D eigenvalue weighted by Gasteiger charge is 2.29. The van der Waals surface area contributed by atoms with Gasteiger partial charge in [0.05, 0.1) is 6.04 Å². The molecule has 0 aliphatic rings. The fraction of sp³-hybridized carbons (Fsp3) is 0.480. The summed E-state index contributed by atoms with van der Waals surface area (Å²) in [4.78, 5) is 64.1. The Morgan fingerprint density at radius 1 is 0.946 bits per heavy atom. The number of aromatic nitrogens is 1. The van der Waals surface area contributed by atoms with Crippen LogP contribution in [0.5, 0.6) is 0 Å². The summed E-state index contributed by atoms with van der Waals surface area (Å²) in [6.07, 6.45) is 1.84. The third kappa shape index (κ3) is 8.90. The highest BCUT2D eigenvalue weighted by molar-refractivity contribution is 5.94. The molecule has 2 aromatic rings. The summed E-state index contributed by atoms with van der Waals surface area (Å²) in [6, 6.07) is 3.20. The van der Waals surface area contributed by atoms with Gasteiger partial charge in [0.1, 0.15) is 18.1 Å². The summed E-state index contributed by atoms with van der Waals surface area (Å²) in [6.45, 7) is 5.04. The summed E-state index contributed by atoms with van der Waals surface area (Å²) in [5, 5.41) is 17.7. The van der Waals surface area contributed by atoms with Crippen LogP contribution in [0.3, 0.4) is 0 Å². The van der Waals surface area contributed by atoms with Crippen LogP contribution in [0.1, 0.15) is 45.6 Å². The third-order valence-corrected chi connectivity index (χ3v) is 5.84. The molecule has 4 amide bonds. The number of carbonyl (C=O) groups excluding carboxylic acids is 4. The summed E-state index contributed by atoms with van der Waals surface area (Å²) in [7, 11) is 0. The maximum absolute atomic E-state index is 12.8. The molecule has 0 saturated heterocycles. The second kappa shape index (κ2) is 13.4. The second-order valence-corrected chi connectivity index (χ2v) is 9.50. The van der Waals surface area contributed by atoms with E-state index >= 15 is 0 Å². The molecule has 1 aromatic carbocycles. The molecule has 2 rings (SSSR count). The Labute approximate surface area is 214 Å². The Kier molecular flexibility index (Phi) is 10.6. The normalized spacial score (nSPS) is 14.4. The molecule has 1 heterocycles. The molecule has 0 radical (unpaired) electrons. The summed E-state index contributed by atoms with van der Waals surface area (Å²) < 4.78 is 0. The van der Waals surface area contributed by atoms with Crippen LogP contribution >= 0.6 is 0 Å². The number of nitrogens with one attached hydrogen (secondary N) is 4. The van der Waals surface area contributed by atoms with E-state index in [0.717, 1.165) is 16.5 Å². The molecule has 0 bridgehead atoms.